The molecule has 2 rings (SSSR count). The molecular formula is C13H12FNO2S. The Bertz CT molecular complexity index is 580. The lowest BCUT2D eigenvalue weighted by molar-refractivity contribution is 0.0701. The second-order valence-corrected chi connectivity index (χ2v) is 4.76. The molecule has 1 heterocycles. The minimum Gasteiger partial charge on any atom is -0.477 e. The fraction of sp³-hybridized carbons (Fsp3) is 0.154. The SMILES string of the molecule is Cc1c(F)cccc1NCc1ccsc1C(=O)O. The Kier molecular flexibility index (Phi) is 3.62. The van der Waals surface area contributed by atoms with E-state index >= 15 is 0 Å². The molecule has 0 spiro atoms. The zero-order valence-electron chi connectivity index (χ0n) is 9.74. The molecule has 5 heteroatoms. The summed E-state index contributed by atoms with van der Waals surface area (Å²) in [6, 6.07) is 6.55. The van der Waals surface area contributed by atoms with Crippen LogP contribution in [0.4, 0.5) is 10.1 Å². The van der Waals surface area contributed by atoms with Crippen molar-refractivity contribution < 1.29 is 14.3 Å². The predicted molar refractivity (Wildman–Crippen MR) is 69.7 cm³/mol. The van der Waals surface area contributed by atoms with E-state index in [0.717, 1.165) is 0 Å². The second kappa shape index (κ2) is 5.18. The number of benzene rings is 1. The summed E-state index contributed by atoms with van der Waals surface area (Å²) in [4.78, 5) is 11.3. The highest BCUT2D eigenvalue weighted by Crippen LogP contribution is 2.21. The maximum absolute atomic E-state index is 13.3. The molecule has 0 amide bonds. The van der Waals surface area contributed by atoms with Crippen LogP contribution in [0.3, 0.4) is 0 Å². The van der Waals surface area contributed by atoms with Crippen LogP contribution in [0.5, 0.6) is 0 Å². The van der Waals surface area contributed by atoms with Gasteiger partial charge in [-0.25, -0.2) is 9.18 Å². The average molecular weight is 265 g/mol. The van der Waals surface area contributed by atoms with Crippen molar-refractivity contribution in [3.8, 4) is 0 Å². The summed E-state index contributed by atoms with van der Waals surface area (Å²) in [5.41, 5.74) is 1.92. The van der Waals surface area contributed by atoms with Crippen molar-refractivity contribution in [1.82, 2.24) is 0 Å². The van der Waals surface area contributed by atoms with Crippen LogP contribution in [0.2, 0.25) is 0 Å². The van der Waals surface area contributed by atoms with Crippen molar-refractivity contribution in [2.75, 3.05) is 5.32 Å². The van der Waals surface area contributed by atoms with Gasteiger partial charge in [0.15, 0.2) is 0 Å². The van der Waals surface area contributed by atoms with Gasteiger partial charge < -0.3 is 10.4 Å². The van der Waals surface area contributed by atoms with Crippen LogP contribution in [0.25, 0.3) is 0 Å². The van der Waals surface area contributed by atoms with Crippen LogP contribution >= 0.6 is 11.3 Å². The van der Waals surface area contributed by atoms with Gasteiger partial charge in [-0.1, -0.05) is 6.07 Å². The third kappa shape index (κ3) is 2.51. The lowest BCUT2D eigenvalue weighted by Gasteiger charge is -2.09. The van der Waals surface area contributed by atoms with Crippen molar-refractivity contribution in [2.24, 2.45) is 0 Å². The number of nitrogens with one attached hydrogen (secondary N) is 1. The molecule has 2 aromatic rings. The van der Waals surface area contributed by atoms with Crippen molar-refractivity contribution in [3.63, 3.8) is 0 Å². The van der Waals surface area contributed by atoms with Crippen LogP contribution in [0.1, 0.15) is 20.8 Å². The number of aromatic carboxylic acids is 1. The molecule has 18 heavy (non-hydrogen) atoms. The van der Waals surface area contributed by atoms with Gasteiger partial charge in [0.25, 0.3) is 0 Å². The Morgan fingerprint density at radius 3 is 2.94 bits per heavy atom. The topological polar surface area (TPSA) is 49.3 Å². The third-order valence-corrected chi connectivity index (χ3v) is 3.62. The van der Waals surface area contributed by atoms with Gasteiger partial charge in [-0.2, -0.15) is 0 Å². The fourth-order valence-corrected chi connectivity index (χ4v) is 2.41. The number of hydrogen-bond donors (Lipinski definition) is 2. The van der Waals surface area contributed by atoms with Gasteiger partial charge in [-0.3, -0.25) is 0 Å². The average Bonchev–Trinajstić information content (AvgIpc) is 2.79. The van der Waals surface area contributed by atoms with Gasteiger partial charge in [0, 0.05) is 17.8 Å². The summed E-state index contributed by atoms with van der Waals surface area (Å²) in [6.07, 6.45) is 0. The molecule has 0 unspecified atom stereocenters. The fourth-order valence-electron chi connectivity index (χ4n) is 1.65. The molecule has 2 N–H and O–H groups in total. The first-order chi connectivity index (χ1) is 8.59. The molecular weight excluding hydrogens is 253 g/mol. The molecule has 0 radical (unpaired) electrons. The molecule has 0 saturated carbocycles. The Labute approximate surface area is 108 Å². The Morgan fingerprint density at radius 1 is 1.44 bits per heavy atom. The van der Waals surface area contributed by atoms with E-state index in [1.54, 1.807) is 30.5 Å². The third-order valence-electron chi connectivity index (χ3n) is 2.68. The molecule has 1 aromatic carbocycles. The monoisotopic (exact) mass is 265 g/mol. The van der Waals surface area contributed by atoms with E-state index in [4.69, 9.17) is 5.11 Å². The minimum absolute atomic E-state index is 0.274. The van der Waals surface area contributed by atoms with Crippen LogP contribution in [0.15, 0.2) is 29.6 Å². The summed E-state index contributed by atoms with van der Waals surface area (Å²) >= 11 is 1.19. The van der Waals surface area contributed by atoms with Crippen LogP contribution in [-0.2, 0) is 6.54 Å². The highest BCUT2D eigenvalue weighted by molar-refractivity contribution is 7.12. The Balaban J connectivity index is 2.14. The molecule has 0 bridgehead atoms. The van der Waals surface area contributed by atoms with Gasteiger partial charge in [0.05, 0.1) is 0 Å². The number of anilines is 1. The van der Waals surface area contributed by atoms with Crippen molar-refractivity contribution in [3.05, 3.63) is 51.5 Å². The van der Waals surface area contributed by atoms with E-state index in [1.165, 1.54) is 17.4 Å². The molecule has 0 atom stereocenters. The first kappa shape index (κ1) is 12.6. The number of carboxylic acids is 1. The van der Waals surface area contributed by atoms with E-state index < -0.39 is 5.97 Å². The van der Waals surface area contributed by atoms with Gasteiger partial charge in [0.2, 0.25) is 0 Å². The second-order valence-electron chi connectivity index (χ2n) is 3.85. The largest absolute Gasteiger partial charge is 0.477 e. The molecule has 0 aliphatic rings. The molecule has 0 aliphatic heterocycles. The maximum atomic E-state index is 13.3. The van der Waals surface area contributed by atoms with E-state index in [2.05, 4.69) is 5.32 Å². The van der Waals surface area contributed by atoms with Crippen molar-refractivity contribution in [1.29, 1.82) is 0 Å². The molecule has 94 valence electrons. The predicted octanol–water partition coefficient (Wildman–Crippen LogP) is 3.51. The molecule has 1 aromatic heterocycles. The van der Waals surface area contributed by atoms with E-state index in [9.17, 15) is 9.18 Å². The summed E-state index contributed by atoms with van der Waals surface area (Å²) in [5.74, 6) is -1.21. The molecule has 0 saturated heterocycles. The number of halogens is 1. The Hall–Kier alpha value is -1.88. The molecule has 0 fully saturated rings. The number of hydrogen-bond acceptors (Lipinski definition) is 3. The zero-order valence-corrected chi connectivity index (χ0v) is 10.6. The van der Waals surface area contributed by atoms with Gasteiger partial charge >= 0.3 is 5.97 Å². The minimum atomic E-state index is -0.933. The summed E-state index contributed by atoms with van der Waals surface area (Å²) < 4.78 is 13.3. The standard InChI is InChI=1S/C13H12FNO2S/c1-8-10(14)3-2-4-11(8)15-7-9-5-6-18-12(9)13(16)17/h2-6,15H,7H2,1H3,(H,16,17). The highest BCUT2D eigenvalue weighted by atomic mass is 32.1. The van der Waals surface area contributed by atoms with Crippen LogP contribution in [0, 0.1) is 12.7 Å². The molecule has 3 nitrogen and oxygen atoms in total. The van der Waals surface area contributed by atoms with E-state index in [-0.39, 0.29) is 5.82 Å². The van der Waals surface area contributed by atoms with Gasteiger partial charge in [0.1, 0.15) is 10.7 Å². The van der Waals surface area contributed by atoms with Crippen molar-refractivity contribution in [2.45, 2.75) is 13.5 Å². The maximum Gasteiger partial charge on any atom is 0.346 e. The smallest absolute Gasteiger partial charge is 0.346 e. The zero-order chi connectivity index (χ0) is 13.1. The lowest BCUT2D eigenvalue weighted by Crippen LogP contribution is -2.05. The number of carboxylic acid groups (broad SMARTS) is 1. The Morgan fingerprint density at radius 2 is 2.22 bits per heavy atom. The summed E-state index contributed by atoms with van der Waals surface area (Å²) in [7, 11) is 0. The van der Waals surface area contributed by atoms with Gasteiger partial charge in [-0.15, -0.1) is 11.3 Å². The van der Waals surface area contributed by atoms with Gasteiger partial charge in [-0.05, 0) is 36.1 Å². The van der Waals surface area contributed by atoms with Crippen molar-refractivity contribution >= 4 is 23.0 Å². The quantitative estimate of drug-likeness (QED) is 0.889. The van der Waals surface area contributed by atoms with E-state index in [1.807, 2.05) is 0 Å². The van der Waals surface area contributed by atoms with Crippen LogP contribution < -0.4 is 5.32 Å². The first-order valence-electron chi connectivity index (χ1n) is 5.38. The summed E-state index contributed by atoms with van der Waals surface area (Å²) in [5, 5.41) is 13.8. The number of rotatable bonds is 4. The normalized spacial score (nSPS) is 10.3. The van der Waals surface area contributed by atoms with Crippen LogP contribution in [-0.4, -0.2) is 11.1 Å². The highest BCUT2D eigenvalue weighted by Gasteiger charge is 2.11. The summed E-state index contributed by atoms with van der Waals surface area (Å²) in [6.45, 7) is 2.05. The first-order valence-corrected chi connectivity index (χ1v) is 6.26. The number of thiophene rings is 1. The lowest BCUT2D eigenvalue weighted by atomic mass is 10.1. The van der Waals surface area contributed by atoms with E-state index in [0.29, 0.717) is 28.2 Å². The molecule has 0 aliphatic carbocycles. The number of carbonyl (C=O) groups is 1.